The van der Waals surface area contributed by atoms with Gasteiger partial charge in [0.2, 0.25) is 5.78 Å². The maximum atomic E-state index is 14.0. The molecule has 3 aliphatic carbocycles. The Kier molecular flexibility index (Phi) is 7.81. The molecule has 6 N–H and O–H groups in total. The third kappa shape index (κ3) is 4.37. The molecule has 1 aromatic carbocycles. The number of Topliss-reactive ketones (excluding diaryl/α,β-unsaturated/α-hetero) is 2. The third-order valence-corrected chi connectivity index (χ3v) is 9.10. The van der Waals surface area contributed by atoms with Gasteiger partial charge >= 0.3 is 0 Å². The van der Waals surface area contributed by atoms with Crippen molar-refractivity contribution in [3.8, 4) is 5.75 Å². The molecule has 0 heterocycles. The number of carbonyl (C=O) groups excluding carboxylic acids is 3. The van der Waals surface area contributed by atoms with Crippen molar-refractivity contribution < 1.29 is 34.8 Å². The summed E-state index contributed by atoms with van der Waals surface area (Å²) >= 11 is 0. The van der Waals surface area contributed by atoms with Gasteiger partial charge in [0.15, 0.2) is 11.4 Å². The number of likely N-dealkylation sites (N-methyl/N-ethyl adjacent to an activating group) is 1. The molecular weight excluding hydrogens is 514 g/mol. The number of aromatic hydroxyl groups is 1. The summed E-state index contributed by atoms with van der Waals surface area (Å²) < 4.78 is 0. The monoisotopic (exact) mass is 555 g/mol. The van der Waals surface area contributed by atoms with Gasteiger partial charge in [-0.15, -0.1) is 0 Å². The highest BCUT2D eigenvalue weighted by Crippen LogP contribution is 2.54. The van der Waals surface area contributed by atoms with Crippen molar-refractivity contribution in [1.82, 2.24) is 4.90 Å². The molecule has 0 aromatic heterocycles. The van der Waals surface area contributed by atoms with Crippen molar-refractivity contribution in [2.45, 2.75) is 64.0 Å². The Hall–Kier alpha value is -3.37. The van der Waals surface area contributed by atoms with Crippen LogP contribution in [0.1, 0.15) is 56.2 Å². The molecule has 1 unspecified atom stereocenters. The number of benzene rings is 1. The van der Waals surface area contributed by atoms with Crippen LogP contribution in [0.4, 0.5) is 5.69 Å². The number of aliphatic hydroxyl groups excluding tert-OH is 2. The van der Waals surface area contributed by atoms with Crippen LogP contribution < -0.4 is 10.6 Å². The van der Waals surface area contributed by atoms with E-state index in [2.05, 4.69) is 13.8 Å². The Bertz CT molecular complexity index is 1330. The van der Waals surface area contributed by atoms with Crippen LogP contribution in [-0.4, -0.2) is 82.6 Å². The van der Waals surface area contributed by atoms with Gasteiger partial charge in [-0.3, -0.25) is 19.3 Å². The molecule has 0 aliphatic heterocycles. The van der Waals surface area contributed by atoms with E-state index in [1.807, 2.05) is 25.1 Å². The van der Waals surface area contributed by atoms with E-state index >= 15 is 0 Å². The molecule has 10 heteroatoms. The predicted molar refractivity (Wildman–Crippen MR) is 151 cm³/mol. The lowest BCUT2D eigenvalue weighted by Crippen LogP contribution is -2.65. The number of phenolic OH excluding ortho intramolecular Hbond substituents is 1. The number of amides is 1. The molecule has 1 saturated carbocycles. The fourth-order valence-electron chi connectivity index (χ4n) is 6.78. The molecule has 3 aliphatic rings. The summed E-state index contributed by atoms with van der Waals surface area (Å²) in [5.41, 5.74) is 4.05. The highest BCUT2D eigenvalue weighted by molar-refractivity contribution is 6.24. The average molecular weight is 556 g/mol. The summed E-state index contributed by atoms with van der Waals surface area (Å²) in [6.07, 6.45) is 3.78. The first-order valence-corrected chi connectivity index (χ1v) is 13.9. The van der Waals surface area contributed by atoms with Gasteiger partial charge in [-0.05, 0) is 68.8 Å². The average Bonchev–Trinajstić information content (AvgIpc) is 2.86. The number of aryl methyl sites for hydroxylation is 1. The molecule has 1 fully saturated rings. The van der Waals surface area contributed by atoms with Gasteiger partial charge in [-0.2, -0.15) is 0 Å². The van der Waals surface area contributed by atoms with Crippen molar-refractivity contribution in [2.75, 3.05) is 33.1 Å². The van der Waals surface area contributed by atoms with Gasteiger partial charge in [0.05, 0.1) is 11.6 Å². The Labute approximate surface area is 234 Å². The normalized spacial score (nSPS) is 26.9. The van der Waals surface area contributed by atoms with Crippen LogP contribution in [0.2, 0.25) is 0 Å². The Morgan fingerprint density at radius 3 is 2.38 bits per heavy atom. The SMILES string of the molecule is CCC(C)CCCc1cc(N(C)C)c2c(c1O)C(O)=C1C(=O)[C@]3(O)C(O)=C(C(N)=O)C(=O)[C@@H](N(C)C)[C@H]3C[C@@H]1C2. The molecule has 5 atom stereocenters. The fraction of sp³-hybridized carbons (Fsp3) is 0.567. The number of primary amides is 1. The Balaban J connectivity index is 1.90. The van der Waals surface area contributed by atoms with Gasteiger partial charge in [-0.25, -0.2) is 0 Å². The van der Waals surface area contributed by atoms with Crippen molar-refractivity contribution in [1.29, 1.82) is 0 Å². The number of hydrogen-bond donors (Lipinski definition) is 5. The zero-order chi connectivity index (χ0) is 29.8. The van der Waals surface area contributed by atoms with Crippen molar-refractivity contribution in [3.05, 3.63) is 39.7 Å². The standard InChI is InChI=1S/C30H41N3O7/c1-7-14(2)9-8-10-15-13-19(32(3)4)17-11-16-12-18-23(33(5)6)26(36)22(29(31)39)28(38)30(18,40)27(37)20(16)25(35)21(17)24(15)34/h13-14,16,18,23,34-35,38,40H,7-12H2,1-6H3,(H2,31,39)/t14?,16-,18+,23-,30-/m0/s1. The summed E-state index contributed by atoms with van der Waals surface area (Å²) in [4.78, 5) is 42.8. The zero-order valence-corrected chi connectivity index (χ0v) is 24.1. The van der Waals surface area contributed by atoms with E-state index < -0.39 is 58.0 Å². The number of fused-ring (bicyclic) bond motifs is 3. The first kappa shape index (κ1) is 29.6. The van der Waals surface area contributed by atoms with Crippen molar-refractivity contribution in [2.24, 2.45) is 23.5 Å². The van der Waals surface area contributed by atoms with Crippen LogP contribution in [-0.2, 0) is 27.2 Å². The number of phenols is 1. The molecule has 0 bridgehead atoms. The summed E-state index contributed by atoms with van der Waals surface area (Å²) in [5, 5.41) is 45.7. The van der Waals surface area contributed by atoms with E-state index in [1.165, 1.54) is 4.90 Å². The minimum absolute atomic E-state index is 0.0655. The first-order chi connectivity index (χ1) is 18.7. The minimum atomic E-state index is -2.64. The number of hydrogen-bond acceptors (Lipinski definition) is 9. The lowest BCUT2D eigenvalue weighted by Gasteiger charge is -2.50. The van der Waals surface area contributed by atoms with E-state index in [4.69, 9.17) is 5.73 Å². The smallest absolute Gasteiger partial charge is 0.255 e. The van der Waals surface area contributed by atoms with E-state index in [9.17, 15) is 34.8 Å². The number of nitrogens with zero attached hydrogens (tertiary/aromatic N) is 2. The lowest BCUT2D eigenvalue weighted by molar-refractivity contribution is -0.153. The molecule has 1 aromatic rings. The molecule has 0 spiro atoms. The molecule has 4 rings (SSSR count). The summed E-state index contributed by atoms with van der Waals surface area (Å²) in [7, 11) is 6.90. The molecule has 0 saturated heterocycles. The quantitative estimate of drug-likeness (QED) is 0.303. The van der Waals surface area contributed by atoms with E-state index in [-0.39, 0.29) is 29.7 Å². The summed E-state index contributed by atoms with van der Waals surface area (Å²) in [5.74, 6) is -5.82. The number of aliphatic hydroxyl groups is 3. The first-order valence-electron chi connectivity index (χ1n) is 13.9. The van der Waals surface area contributed by atoms with Gasteiger partial charge < -0.3 is 31.1 Å². The lowest BCUT2D eigenvalue weighted by atomic mass is 9.57. The molecular formula is C30H41N3O7. The molecule has 0 radical (unpaired) electrons. The Morgan fingerprint density at radius 1 is 1.18 bits per heavy atom. The topological polar surface area (TPSA) is 165 Å². The van der Waals surface area contributed by atoms with Gasteiger partial charge in [-0.1, -0.05) is 26.7 Å². The number of ketones is 2. The highest BCUT2D eigenvalue weighted by Gasteiger charge is 2.64. The molecule has 218 valence electrons. The maximum absolute atomic E-state index is 14.0. The summed E-state index contributed by atoms with van der Waals surface area (Å²) in [6, 6.07) is 0.817. The van der Waals surface area contributed by atoms with Gasteiger partial charge in [0.1, 0.15) is 22.8 Å². The second kappa shape index (κ2) is 10.6. The second-order valence-corrected chi connectivity index (χ2v) is 12.0. The van der Waals surface area contributed by atoms with Crippen molar-refractivity contribution in [3.63, 3.8) is 0 Å². The number of rotatable bonds is 8. The number of carbonyl (C=O) groups is 3. The molecule has 10 nitrogen and oxygen atoms in total. The maximum Gasteiger partial charge on any atom is 0.255 e. The molecule has 40 heavy (non-hydrogen) atoms. The van der Waals surface area contributed by atoms with Crippen LogP contribution >= 0.6 is 0 Å². The minimum Gasteiger partial charge on any atom is -0.508 e. The number of anilines is 1. The largest absolute Gasteiger partial charge is 0.508 e. The van der Waals surface area contributed by atoms with Crippen LogP contribution in [0.25, 0.3) is 5.76 Å². The van der Waals surface area contributed by atoms with E-state index in [0.717, 1.165) is 24.9 Å². The van der Waals surface area contributed by atoms with Gasteiger partial charge in [0, 0.05) is 31.3 Å². The van der Waals surface area contributed by atoms with E-state index in [1.54, 1.807) is 14.1 Å². The summed E-state index contributed by atoms with van der Waals surface area (Å²) in [6.45, 7) is 4.31. The second-order valence-electron chi connectivity index (χ2n) is 12.0. The van der Waals surface area contributed by atoms with Crippen LogP contribution in [0, 0.1) is 17.8 Å². The van der Waals surface area contributed by atoms with Crippen LogP contribution in [0.3, 0.4) is 0 Å². The zero-order valence-electron chi connectivity index (χ0n) is 24.1. The van der Waals surface area contributed by atoms with Crippen LogP contribution in [0.5, 0.6) is 5.75 Å². The highest BCUT2D eigenvalue weighted by atomic mass is 16.3. The molecule has 1 amide bonds. The van der Waals surface area contributed by atoms with E-state index in [0.29, 0.717) is 23.5 Å². The Morgan fingerprint density at radius 2 is 1.82 bits per heavy atom. The third-order valence-electron chi connectivity index (χ3n) is 9.10. The van der Waals surface area contributed by atoms with Crippen LogP contribution in [0.15, 0.2) is 23.0 Å². The van der Waals surface area contributed by atoms with Crippen molar-refractivity contribution >= 4 is 28.9 Å². The van der Waals surface area contributed by atoms with Gasteiger partial charge in [0.25, 0.3) is 5.91 Å². The predicted octanol–water partition coefficient (Wildman–Crippen LogP) is 2.40. The fourth-order valence-corrected chi connectivity index (χ4v) is 6.78. The number of nitrogens with two attached hydrogens (primary N) is 1.